The first-order chi connectivity index (χ1) is 16.8. The number of rotatable bonds is 5. The van der Waals surface area contributed by atoms with Gasteiger partial charge in [0.1, 0.15) is 5.70 Å². The number of methoxy groups -OCH3 is 2. The quantitative estimate of drug-likeness (QED) is 0.455. The van der Waals surface area contributed by atoms with Gasteiger partial charge >= 0.3 is 18.1 Å². The first-order valence-electron chi connectivity index (χ1n) is 9.79. The van der Waals surface area contributed by atoms with Gasteiger partial charge in [0, 0.05) is 11.2 Å². The predicted molar refractivity (Wildman–Crippen MR) is 125 cm³/mol. The molecule has 1 heterocycles. The Morgan fingerprint density at radius 3 is 2.11 bits per heavy atom. The van der Waals surface area contributed by atoms with Crippen molar-refractivity contribution in [2.75, 3.05) is 19.1 Å². The molecule has 0 amide bonds. The summed E-state index contributed by atoms with van der Waals surface area (Å²) in [5, 5.41) is -0.674. The van der Waals surface area contributed by atoms with E-state index < -0.39 is 60.4 Å². The van der Waals surface area contributed by atoms with Crippen LogP contribution in [0.5, 0.6) is 0 Å². The van der Waals surface area contributed by atoms with Gasteiger partial charge in [-0.05, 0) is 48.6 Å². The van der Waals surface area contributed by atoms with Gasteiger partial charge in [-0.15, -0.1) is 0 Å². The van der Waals surface area contributed by atoms with Crippen LogP contribution < -0.4 is 4.90 Å². The van der Waals surface area contributed by atoms with Crippen molar-refractivity contribution in [2.24, 2.45) is 0 Å². The molecule has 1 aliphatic rings. The van der Waals surface area contributed by atoms with Crippen LogP contribution in [0, 0.1) is 0 Å². The maximum absolute atomic E-state index is 13.8. The predicted octanol–water partition coefficient (Wildman–Crippen LogP) is 5.34. The molecule has 0 atom stereocenters. The molecule has 13 heteroatoms. The molecule has 36 heavy (non-hydrogen) atoms. The summed E-state index contributed by atoms with van der Waals surface area (Å²) in [5.41, 5.74) is -2.97. The lowest BCUT2D eigenvalue weighted by atomic mass is 10.1. The minimum absolute atomic E-state index is 0.222. The number of benzene rings is 2. The molecule has 0 spiro atoms. The van der Waals surface area contributed by atoms with Gasteiger partial charge in [0.25, 0.3) is 0 Å². The Bertz CT molecular complexity index is 1410. The summed E-state index contributed by atoms with van der Waals surface area (Å²) < 4.78 is 77.9. The zero-order chi connectivity index (χ0) is 26.8. The first-order valence-corrected chi connectivity index (χ1v) is 12.0. The molecule has 0 N–H and O–H groups in total. The number of carbonyl (C=O) groups is 2. The Kier molecular flexibility index (Phi) is 7.87. The van der Waals surface area contributed by atoms with E-state index in [4.69, 9.17) is 27.9 Å². The molecule has 3 rings (SSSR count). The van der Waals surface area contributed by atoms with Crippen molar-refractivity contribution in [1.29, 1.82) is 0 Å². The molecular formula is C23H16Cl2F3NO6S. The van der Waals surface area contributed by atoms with E-state index in [1.54, 1.807) is 0 Å². The summed E-state index contributed by atoms with van der Waals surface area (Å²) in [6.45, 7) is 0. The van der Waals surface area contributed by atoms with Gasteiger partial charge in [-0.25, -0.2) is 18.0 Å². The van der Waals surface area contributed by atoms with Crippen molar-refractivity contribution in [1.82, 2.24) is 0 Å². The molecule has 2 aromatic carbocycles. The van der Waals surface area contributed by atoms with E-state index in [0.717, 1.165) is 37.5 Å². The number of alkyl halides is 3. The summed E-state index contributed by atoms with van der Waals surface area (Å²) in [7, 11) is -2.52. The van der Waals surface area contributed by atoms with Gasteiger partial charge in [0.2, 0.25) is 9.84 Å². The average Bonchev–Trinajstić information content (AvgIpc) is 3.05. The van der Waals surface area contributed by atoms with E-state index in [-0.39, 0.29) is 9.92 Å². The summed E-state index contributed by atoms with van der Waals surface area (Å²) in [6.07, 6.45) is -0.128. The van der Waals surface area contributed by atoms with Crippen LogP contribution in [0.25, 0.3) is 0 Å². The van der Waals surface area contributed by atoms with Crippen molar-refractivity contribution < 1.29 is 40.7 Å². The molecule has 0 unspecified atom stereocenters. The number of carbonyl (C=O) groups excluding carboxylic acids is 2. The third kappa shape index (κ3) is 5.28. The normalized spacial score (nSPS) is 14.0. The van der Waals surface area contributed by atoms with Crippen LogP contribution in [0.3, 0.4) is 0 Å². The lowest BCUT2D eigenvalue weighted by molar-refractivity contribution is -0.139. The molecule has 0 saturated carbocycles. The highest BCUT2D eigenvalue weighted by molar-refractivity contribution is 7.91. The molecule has 7 nitrogen and oxygen atoms in total. The number of nitrogens with zero attached hydrogens (tertiary/aromatic N) is 1. The van der Waals surface area contributed by atoms with Crippen LogP contribution in [0.15, 0.2) is 81.9 Å². The summed E-state index contributed by atoms with van der Waals surface area (Å²) in [4.78, 5) is 25.0. The van der Waals surface area contributed by atoms with Gasteiger partial charge in [0.15, 0.2) is 0 Å². The summed E-state index contributed by atoms with van der Waals surface area (Å²) >= 11 is 11.7. The average molecular weight is 562 g/mol. The molecule has 0 bridgehead atoms. The zero-order valence-corrected chi connectivity index (χ0v) is 20.8. The Morgan fingerprint density at radius 2 is 1.56 bits per heavy atom. The highest BCUT2D eigenvalue weighted by atomic mass is 35.5. The molecule has 190 valence electrons. The van der Waals surface area contributed by atoms with E-state index >= 15 is 0 Å². The van der Waals surface area contributed by atoms with Crippen LogP contribution in [0.4, 0.5) is 18.9 Å². The number of sulfone groups is 1. The maximum atomic E-state index is 13.8. The van der Waals surface area contributed by atoms with Gasteiger partial charge in [-0.3, -0.25) is 0 Å². The Labute approximate surface area is 213 Å². The second kappa shape index (κ2) is 10.4. The van der Waals surface area contributed by atoms with Crippen LogP contribution in [-0.4, -0.2) is 34.6 Å². The zero-order valence-electron chi connectivity index (χ0n) is 18.5. The molecule has 0 saturated heterocycles. The molecule has 0 aliphatic carbocycles. The summed E-state index contributed by atoms with van der Waals surface area (Å²) in [5.74, 6) is -2.17. The lowest BCUT2D eigenvalue weighted by Gasteiger charge is -2.26. The third-order valence-electron chi connectivity index (χ3n) is 4.92. The second-order valence-electron chi connectivity index (χ2n) is 7.07. The Balaban J connectivity index is 2.44. The molecule has 0 fully saturated rings. The van der Waals surface area contributed by atoms with E-state index in [9.17, 15) is 31.2 Å². The van der Waals surface area contributed by atoms with E-state index in [0.29, 0.717) is 12.1 Å². The van der Waals surface area contributed by atoms with Crippen molar-refractivity contribution >= 4 is 50.7 Å². The monoisotopic (exact) mass is 561 g/mol. The fourth-order valence-corrected chi connectivity index (χ4v) is 5.17. The van der Waals surface area contributed by atoms with Gasteiger partial charge in [-0.2, -0.15) is 13.2 Å². The first kappa shape index (κ1) is 27.3. The number of esters is 2. The van der Waals surface area contributed by atoms with Crippen LogP contribution in [0.2, 0.25) is 10.0 Å². The van der Waals surface area contributed by atoms with Gasteiger partial charge < -0.3 is 14.4 Å². The van der Waals surface area contributed by atoms with E-state index in [1.165, 1.54) is 30.4 Å². The van der Waals surface area contributed by atoms with Crippen molar-refractivity contribution in [3.63, 3.8) is 0 Å². The highest BCUT2D eigenvalue weighted by Gasteiger charge is 2.38. The molecule has 2 aromatic rings. The summed E-state index contributed by atoms with van der Waals surface area (Å²) in [6, 6.07) is 5.98. The van der Waals surface area contributed by atoms with Crippen molar-refractivity contribution in [2.45, 2.75) is 16.0 Å². The van der Waals surface area contributed by atoms with Crippen LogP contribution in [-0.2, 0) is 35.1 Å². The number of hydrogen-bond donors (Lipinski definition) is 0. The SMILES string of the molecule is COC(=O)C1=C(C(=O)OC)N(c2cc(C(F)(F)F)c(Cl)cc2S(=O)(=O)c2ccc(Cl)cc2)C=CC=C1. The van der Waals surface area contributed by atoms with Gasteiger partial charge in [0.05, 0.1) is 45.9 Å². The van der Waals surface area contributed by atoms with Crippen LogP contribution in [0.1, 0.15) is 5.56 Å². The van der Waals surface area contributed by atoms with Gasteiger partial charge in [-0.1, -0.05) is 29.3 Å². The van der Waals surface area contributed by atoms with Crippen LogP contribution >= 0.6 is 23.2 Å². The fourth-order valence-electron chi connectivity index (χ4n) is 3.26. The van der Waals surface area contributed by atoms with E-state index in [2.05, 4.69) is 4.74 Å². The molecule has 1 aliphatic heterocycles. The Morgan fingerprint density at radius 1 is 0.944 bits per heavy atom. The third-order valence-corrected chi connectivity index (χ3v) is 7.28. The topological polar surface area (TPSA) is 90.0 Å². The van der Waals surface area contributed by atoms with Crippen molar-refractivity contribution in [3.8, 4) is 0 Å². The van der Waals surface area contributed by atoms with E-state index in [1.807, 2.05) is 0 Å². The number of anilines is 1. The molecule has 0 radical (unpaired) electrons. The number of ether oxygens (including phenoxy) is 2. The smallest absolute Gasteiger partial charge is 0.417 e. The molecule has 0 aromatic heterocycles. The fraction of sp³-hybridized carbons (Fsp3) is 0.130. The number of halogens is 5. The molecular weight excluding hydrogens is 546 g/mol. The minimum atomic E-state index is -4.98. The van der Waals surface area contributed by atoms with Crippen molar-refractivity contribution in [3.05, 3.63) is 87.7 Å². The Hall–Kier alpha value is -3.28. The standard InChI is InChI=1S/C23H16Cl2F3NO6S/c1-34-21(30)15-5-3-4-10-29(20(15)22(31)35-2)18-11-16(23(26,27)28)17(25)12-19(18)36(32,33)14-8-6-13(24)7-9-14/h3-12H,1-2H3. The number of hydrogen-bond acceptors (Lipinski definition) is 7. The second-order valence-corrected chi connectivity index (χ2v) is 9.83. The maximum Gasteiger partial charge on any atom is 0.417 e. The number of allylic oxidation sites excluding steroid dienone is 2. The largest absolute Gasteiger partial charge is 0.465 e. The lowest BCUT2D eigenvalue weighted by Crippen LogP contribution is -2.28. The highest BCUT2D eigenvalue weighted by Crippen LogP contribution is 2.43. The minimum Gasteiger partial charge on any atom is -0.465 e.